The van der Waals surface area contributed by atoms with Gasteiger partial charge in [-0.05, 0) is 43.1 Å². The molecule has 0 spiro atoms. The first-order valence-electron chi connectivity index (χ1n) is 7.33. The van der Waals surface area contributed by atoms with E-state index >= 15 is 0 Å². The number of hydrazine groups is 1. The SMILES string of the molecule is COCCCn1nccc1C(NN)C1C2CCCC21. The Labute approximate surface area is 114 Å². The number of hydrogen-bond acceptors (Lipinski definition) is 4. The van der Waals surface area contributed by atoms with Crippen molar-refractivity contribution in [2.24, 2.45) is 23.6 Å². The number of rotatable bonds is 7. The second kappa shape index (κ2) is 5.61. The highest BCUT2D eigenvalue weighted by atomic mass is 16.5. The van der Waals surface area contributed by atoms with Crippen LogP contribution in [0.5, 0.6) is 0 Å². The van der Waals surface area contributed by atoms with Gasteiger partial charge in [0, 0.05) is 26.5 Å². The van der Waals surface area contributed by atoms with Crippen LogP contribution in [0.3, 0.4) is 0 Å². The van der Waals surface area contributed by atoms with Crippen LogP contribution in [-0.2, 0) is 11.3 Å². The predicted octanol–water partition coefficient (Wildman–Crippen LogP) is 1.47. The number of fused-ring (bicyclic) bond motifs is 1. The van der Waals surface area contributed by atoms with Crippen LogP contribution in [-0.4, -0.2) is 23.5 Å². The number of nitrogens with one attached hydrogen (secondary N) is 1. The van der Waals surface area contributed by atoms with Crippen LogP contribution in [0.4, 0.5) is 0 Å². The van der Waals surface area contributed by atoms with E-state index in [-0.39, 0.29) is 6.04 Å². The summed E-state index contributed by atoms with van der Waals surface area (Å²) < 4.78 is 7.19. The molecule has 3 unspecified atom stereocenters. The van der Waals surface area contributed by atoms with Gasteiger partial charge in [-0.2, -0.15) is 5.10 Å². The highest BCUT2D eigenvalue weighted by molar-refractivity contribution is 5.16. The average molecular weight is 264 g/mol. The van der Waals surface area contributed by atoms with Gasteiger partial charge in [0.05, 0.1) is 11.7 Å². The quantitative estimate of drug-likeness (QED) is 0.445. The van der Waals surface area contributed by atoms with Crippen LogP contribution < -0.4 is 11.3 Å². The fourth-order valence-electron chi connectivity index (χ4n) is 3.92. The third-order valence-electron chi connectivity index (χ3n) is 4.82. The summed E-state index contributed by atoms with van der Waals surface area (Å²) in [6, 6.07) is 2.37. The first-order valence-corrected chi connectivity index (χ1v) is 7.33. The van der Waals surface area contributed by atoms with Crippen molar-refractivity contribution in [2.45, 2.75) is 38.3 Å². The molecule has 106 valence electrons. The lowest BCUT2D eigenvalue weighted by Gasteiger charge is -2.19. The van der Waals surface area contributed by atoms with Crippen molar-refractivity contribution in [2.75, 3.05) is 13.7 Å². The van der Waals surface area contributed by atoms with Crippen LogP contribution in [0.2, 0.25) is 0 Å². The van der Waals surface area contributed by atoms with E-state index in [1.165, 1.54) is 25.0 Å². The molecule has 3 rings (SSSR count). The lowest BCUT2D eigenvalue weighted by atomic mass is 10.0. The molecule has 3 N–H and O–H groups in total. The van der Waals surface area contributed by atoms with Crippen LogP contribution >= 0.6 is 0 Å². The monoisotopic (exact) mass is 264 g/mol. The van der Waals surface area contributed by atoms with E-state index in [0.717, 1.165) is 37.3 Å². The Kier molecular flexibility index (Phi) is 3.86. The van der Waals surface area contributed by atoms with E-state index in [1.54, 1.807) is 7.11 Å². The summed E-state index contributed by atoms with van der Waals surface area (Å²) in [6.07, 6.45) is 7.03. The fraction of sp³-hybridized carbons (Fsp3) is 0.786. The maximum atomic E-state index is 5.82. The first kappa shape index (κ1) is 13.1. The molecule has 1 aromatic rings. The Bertz CT molecular complexity index is 409. The molecular formula is C14H24N4O. The minimum absolute atomic E-state index is 0.264. The summed E-state index contributed by atoms with van der Waals surface area (Å²) >= 11 is 0. The zero-order chi connectivity index (χ0) is 13.2. The molecule has 5 heteroatoms. The highest BCUT2D eigenvalue weighted by Crippen LogP contribution is 2.61. The Morgan fingerprint density at radius 3 is 3.00 bits per heavy atom. The van der Waals surface area contributed by atoms with E-state index in [9.17, 15) is 0 Å². The third-order valence-corrected chi connectivity index (χ3v) is 4.82. The highest BCUT2D eigenvalue weighted by Gasteiger charge is 2.56. The van der Waals surface area contributed by atoms with Gasteiger partial charge in [-0.1, -0.05) is 6.42 Å². The van der Waals surface area contributed by atoms with Gasteiger partial charge in [-0.15, -0.1) is 0 Å². The molecular weight excluding hydrogens is 240 g/mol. The van der Waals surface area contributed by atoms with E-state index < -0.39 is 0 Å². The van der Waals surface area contributed by atoms with Gasteiger partial charge < -0.3 is 4.74 Å². The molecule has 0 aromatic carbocycles. The van der Waals surface area contributed by atoms with Gasteiger partial charge in [0.1, 0.15) is 0 Å². The normalized spacial score (nSPS) is 30.3. The first-order chi connectivity index (χ1) is 9.36. The molecule has 1 aromatic heterocycles. The largest absolute Gasteiger partial charge is 0.385 e. The number of hydrogen-bond donors (Lipinski definition) is 2. The van der Waals surface area contributed by atoms with Crippen LogP contribution in [0.25, 0.3) is 0 Å². The van der Waals surface area contributed by atoms with Crippen molar-refractivity contribution in [3.05, 3.63) is 18.0 Å². The molecule has 1 heterocycles. The maximum absolute atomic E-state index is 5.82. The number of nitrogens with two attached hydrogens (primary N) is 1. The van der Waals surface area contributed by atoms with Gasteiger partial charge in [0.15, 0.2) is 0 Å². The zero-order valence-corrected chi connectivity index (χ0v) is 11.6. The van der Waals surface area contributed by atoms with Crippen LogP contribution in [0.15, 0.2) is 12.3 Å². The van der Waals surface area contributed by atoms with Crippen molar-refractivity contribution in [1.82, 2.24) is 15.2 Å². The standard InChI is InChI=1S/C14H24N4O/c1-19-9-3-8-18-12(6-7-16-18)14(17-15)13-10-4-2-5-11(10)13/h6-7,10-11,13-14,17H,2-5,8-9,15H2,1H3. The molecule has 0 radical (unpaired) electrons. The summed E-state index contributed by atoms with van der Waals surface area (Å²) in [4.78, 5) is 0. The van der Waals surface area contributed by atoms with Crippen LogP contribution in [0, 0.1) is 17.8 Å². The minimum Gasteiger partial charge on any atom is -0.385 e. The Morgan fingerprint density at radius 1 is 1.53 bits per heavy atom. The molecule has 2 aliphatic rings. The Balaban J connectivity index is 1.68. The second-order valence-corrected chi connectivity index (χ2v) is 5.81. The van der Waals surface area contributed by atoms with Gasteiger partial charge in [-0.25, -0.2) is 0 Å². The van der Waals surface area contributed by atoms with E-state index in [1.807, 2.05) is 6.20 Å². The molecule has 5 nitrogen and oxygen atoms in total. The number of aromatic nitrogens is 2. The topological polar surface area (TPSA) is 65.1 Å². The smallest absolute Gasteiger partial charge is 0.0662 e. The lowest BCUT2D eigenvalue weighted by Crippen LogP contribution is -2.32. The molecule has 3 atom stereocenters. The van der Waals surface area contributed by atoms with E-state index in [0.29, 0.717) is 0 Å². The molecule has 0 saturated heterocycles. The predicted molar refractivity (Wildman–Crippen MR) is 73.1 cm³/mol. The fourth-order valence-corrected chi connectivity index (χ4v) is 3.92. The summed E-state index contributed by atoms with van der Waals surface area (Å²) in [7, 11) is 1.74. The average Bonchev–Trinajstić information content (AvgIpc) is 2.84. The molecule has 2 saturated carbocycles. The summed E-state index contributed by atoms with van der Waals surface area (Å²) in [5.74, 6) is 8.32. The molecule has 2 fully saturated rings. The van der Waals surface area contributed by atoms with Gasteiger partial charge in [-0.3, -0.25) is 16.0 Å². The minimum atomic E-state index is 0.264. The number of ether oxygens (including phenoxy) is 1. The van der Waals surface area contributed by atoms with E-state index in [4.69, 9.17) is 10.6 Å². The Morgan fingerprint density at radius 2 is 2.32 bits per heavy atom. The summed E-state index contributed by atoms with van der Waals surface area (Å²) in [5, 5.41) is 4.43. The van der Waals surface area contributed by atoms with Crippen molar-refractivity contribution >= 4 is 0 Å². The van der Waals surface area contributed by atoms with Crippen molar-refractivity contribution in [1.29, 1.82) is 0 Å². The van der Waals surface area contributed by atoms with Gasteiger partial charge in [0.2, 0.25) is 0 Å². The molecule has 2 aliphatic carbocycles. The third kappa shape index (κ3) is 2.42. The van der Waals surface area contributed by atoms with Crippen LogP contribution in [0.1, 0.15) is 37.4 Å². The molecule has 0 aliphatic heterocycles. The lowest BCUT2D eigenvalue weighted by molar-refractivity contribution is 0.188. The molecule has 19 heavy (non-hydrogen) atoms. The van der Waals surface area contributed by atoms with Crippen molar-refractivity contribution < 1.29 is 4.74 Å². The number of nitrogens with zero attached hydrogens (tertiary/aromatic N) is 2. The summed E-state index contributed by atoms with van der Waals surface area (Å²) in [6.45, 7) is 1.67. The molecule has 0 amide bonds. The van der Waals surface area contributed by atoms with Crippen molar-refractivity contribution in [3.63, 3.8) is 0 Å². The van der Waals surface area contributed by atoms with Gasteiger partial charge in [0.25, 0.3) is 0 Å². The maximum Gasteiger partial charge on any atom is 0.0662 e. The summed E-state index contributed by atoms with van der Waals surface area (Å²) in [5.41, 5.74) is 4.27. The number of methoxy groups -OCH3 is 1. The van der Waals surface area contributed by atoms with Gasteiger partial charge >= 0.3 is 0 Å². The van der Waals surface area contributed by atoms with E-state index in [2.05, 4.69) is 21.3 Å². The zero-order valence-electron chi connectivity index (χ0n) is 11.6. The molecule has 0 bridgehead atoms. The number of aryl methyl sites for hydroxylation is 1. The second-order valence-electron chi connectivity index (χ2n) is 5.81. The Hall–Kier alpha value is -0.910. The van der Waals surface area contributed by atoms with Crippen molar-refractivity contribution in [3.8, 4) is 0 Å².